The number of nitrogens with zero attached hydrogens (tertiary/aromatic N) is 3. The summed E-state index contributed by atoms with van der Waals surface area (Å²) in [7, 11) is 1.59. The lowest BCUT2D eigenvalue weighted by Gasteiger charge is -2.14. The molecule has 8 nitrogen and oxygen atoms in total. The van der Waals surface area contributed by atoms with E-state index in [2.05, 4.69) is 10.1 Å². The van der Waals surface area contributed by atoms with Crippen molar-refractivity contribution in [3.8, 4) is 17.1 Å². The molecule has 1 aromatic heterocycles. The predicted octanol–water partition coefficient (Wildman–Crippen LogP) is 1.61. The Morgan fingerprint density at radius 2 is 2.12 bits per heavy atom. The van der Waals surface area contributed by atoms with E-state index in [1.54, 1.807) is 24.1 Å². The highest BCUT2D eigenvalue weighted by Gasteiger charge is 2.30. The van der Waals surface area contributed by atoms with Crippen molar-refractivity contribution in [2.75, 3.05) is 20.2 Å². The zero-order chi connectivity index (χ0) is 17.8. The Labute approximate surface area is 144 Å². The molecular weight excluding hydrogens is 326 g/mol. The van der Waals surface area contributed by atoms with E-state index in [1.807, 2.05) is 12.1 Å². The van der Waals surface area contributed by atoms with Crippen molar-refractivity contribution in [3.63, 3.8) is 0 Å². The summed E-state index contributed by atoms with van der Waals surface area (Å²) in [4.78, 5) is 29.0. The number of carboxylic acids is 1. The standard InChI is InChI=1S/C17H19N3O5/c1-24-13-4-2-11(3-5-13)16-18-14(25-19-16)6-7-15(21)20-9-8-12(10-20)17(22)23/h2-5,12H,6-10H2,1H3,(H,22,23)/t12-/m1/s1. The van der Waals surface area contributed by atoms with Crippen LogP contribution in [-0.2, 0) is 16.0 Å². The molecule has 8 heteroatoms. The third kappa shape index (κ3) is 3.96. The molecule has 25 heavy (non-hydrogen) atoms. The fourth-order valence-corrected chi connectivity index (χ4v) is 2.77. The topological polar surface area (TPSA) is 106 Å². The number of hydrogen-bond donors (Lipinski definition) is 1. The number of amides is 1. The number of hydrogen-bond acceptors (Lipinski definition) is 6. The van der Waals surface area contributed by atoms with Crippen molar-refractivity contribution in [2.45, 2.75) is 19.3 Å². The average molecular weight is 345 g/mol. The van der Waals surface area contributed by atoms with Gasteiger partial charge in [0.2, 0.25) is 17.6 Å². The van der Waals surface area contributed by atoms with Crippen molar-refractivity contribution in [1.82, 2.24) is 15.0 Å². The van der Waals surface area contributed by atoms with Gasteiger partial charge in [-0.15, -0.1) is 0 Å². The molecule has 1 aromatic carbocycles. The zero-order valence-corrected chi connectivity index (χ0v) is 13.8. The lowest BCUT2D eigenvalue weighted by Crippen LogP contribution is -2.30. The highest BCUT2D eigenvalue weighted by molar-refractivity contribution is 5.78. The summed E-state index contributed by atoms with van der Waals surface area (Å²) in [6.45, 7) is 0.756. The van der Waals surface area contributed by atoms with Crippen molar-refractivity contribution in [1.29, 1.82) is 0 Å². The lowest BCUT2D eigenvalue weighted by atomic mass is 10.1. The predicted molar refractivity (Wildman–Crippen MR) is 86.9 cm³/mol. The number of methoxy groups -OCH3 is 1. The number of aromatic nitrogens is 2. The maximum atomic E-state index is 12.2. The van der Waals surface area contributed by atoms with Crippen LogP contribution in [0.3, 0.4) is 0 Å². The lowest BCUT2D eigenvalue weighted by molar-refractivity contribution is -0.141. The Kier molecular flexibility index (Phi) is 4.97. The first-order valence-electron chi connectivity index (χ1n) is 8.04. The average Bonchev–Trinajstić information content (AvgIpc) is 3.29. The smallest absolute Gasteiger partial charge is 0.308 e. The monoisotopic (exact) mass is 345 g/mol. The summed E-state index contributed by atoms with van der Waals surface area (Å²) in [6.07, 6.45) is 1.05. The first-order chi connectivity index (χ1) is 12.1. The molecule has 1 aliphatic heterocycles. The minimum Gasteiger partial charge on any atom is -0.497 e. The molecule has 1 N–H and O–H groups in total. The van der Waals surface area contributed by atoms with Crippen molar-refractivity contribution in [3.05, 3.63) is 30.2 Å². The molecule has 0 bridgehead atoms. The SMILES string of the molecule is COc1ccc(-c2noc(CCC(=O)N3CC[C@@H](C(=O)O)C3)n2)cc1. The largest absolute Gasteiger partial charge is 0.497 e. The highest BCUT2D eigenvalue weighted by atomic mass is 16.5. The summed E-state index contributed by atoms with van der Waals surface area (Å²) in [5.74, 6) is 0.173. The molecule has 1 saturated heterocycles. The minimum atomic E-state index is -0.851. The van der Waals surface area contributed by atoms with Crippen LogP contribution < -0.4 is 4.74 Å². The summed E-state index contributed by atoms with van der Waals surface area (Å²) in [6, 6.07) is 7.27. The van der Waals surface area contributed by atoms with E-state index in [0.717, 1.165) is 11.3 Å². The third-order valence-electron chi connectivity index (χ3n) is 4.26. The number of likely N-dealkylation sites (tertiary alicyclic amines) is 1. The highest BCUT2D eigenvalue weighted by Crippen LogP contribution is 2.21. The Morgan fingerprint density at radius 1 is 1.36 bits per heavy atom. The van der Waals surface area contributed by atoms with Crippen LogP contribution in [0, 0.1) is 5.92 Å². The van der Waals surface area contributed by atoms with Gasteiger partial charge in [0, 0.05) is 31.5 Å². The Balaban J connectivity index is 1.55. The number of aliphatic carboxylic acids is 1. The van der Waals surface area contributed by atoms with Gasteiger partial charge in [-0.05, 0) is 30.7 Å². The van der Waals surface area contributed by atoms with Gasteiger partial charge < -0.3 is 19.3 Å². The second kappa shape index (κ2) is 7.33. The van der Waals surface area contributed by atoms with E-state index in [4.69, 9.17) is 14.4 Å². The number of benzene rings is 1. The van der Waals surface area contributed by atoms with Crippen LogP contribution in [0.25, 0.3) is 11.4 Å². The Bertz CT molecular complexity index is 756. The molecule has 3 rings (SSSR count). The van der Waals surface area contributed by atoms with Crippen LogP contribution >= 0.6 is 0 Å². The number of ether oxygens (including phenoxy) is 1. The third-order valence-corrected chi connectivity index (χ3v) is 4.26. The first-order valence-corrected chi connectivity index (χ1v) is 8.04. The number of carboxylic acid groups (broad SMARTS) is 1. The quantitative estimate of drug-likeness (QED) is 0.848. The molecule has 1 aliphatic rings. The molecule has 2 heterocycles. The Hall–Kier alpha value is -2.90. The van der Waals surface area contributed by atoms with Crippen LogP contribution in [0.2, 0.25) is 0 Å². The summed E-state index contributed by atoms with van der Waals surface area (Å²) < 4.78 is 10.3. The van der Waals surface area contributed by atoms with Gasteiger partial charge in [-0.2, -0.15) is 4.98 Å². The molecule has 132 valence electrons. The van der Waals surface area contributed by atoms with Crippen molar-refractivity contribution in [2.24, 2.45) is 5.92 Å². The summed E-state index contributed by atoms with van der Waals surface area (Å²) in [5.41, 5.74) is 0.797. The number of carbonyl (C=O) groups excluding carboxylic acids is 1. The van der Waals surface area contributed by atoms with Gasteiger partial charge in [-0.1, -0.05) is 5.16 Å². The molecule has 0 spiro atoms. The molecule has 1 atom stereocenters. The van der Waals surface area contributed by atoms with Crippen molar-refractivity contribution < 1.29 is 24.0 Å². The zero-order valence-electron chi connectivity index (χ0n) is 13.8. The number of aryl methyl sites for hydroxylation is 1. The molecule has 2 aromatic rings. The second-order valence-electron chi connectivity index (χ2n) is 5.90. The molecular formula is C17H19N3O5. The van der Waals surface area contributed by atoms with Crippen LogP contribution in [0.5, 0.6) is 5.75 Å². The van der Waals surface area contributed by atoms with Crippen LogP contribution in [-0.4, -0.2) is 52.2 Å². The van der Waals surface area contributed by atoms with E-state index in [9.17, 15) is 9.59 Å². The molecule has 1 amide bonds. The first kappa shape index (κ1) is 16.9. The molecule has 1 fully saturated rings. The van der Waals surface area contributed by atoms with Crippen molar-refractivity contribution >= 4 is 11.9 Å². The van der Waals surface area contributed by atoms with Gasteiger partial charge in [0.25, 0.3) is 0 Å². The van der Waals surface area contributed by atoms with Crippen LogP contribution in [0.1, 0.15) is 18.7 Å². The van der Waals surface area contributed by atoms with E-state index < -0.39 is 11.9 Å². The maximum absolute atomic E-state index is 12.2. The van der Waals surface area contributed by atoms with E-state index >= 15 is 0 Å². The van der Waals surface area contributed by atoms with Gasteiger partial charge in [0.1, 0.15) is 5.75 Å². The van der Waals surface area contributed by atoms with Gasteiger partial charge in [0.05, 0.1) is 13.0 Å². The van der Waals surface area contributed by atoms with E-state index in [-0.39, 0.29) is 18.9 Å². The number of carbonyl (C=O) groups is 2. The minimum absolute atomic E-state index is 0.0899. The number of rotatable bonds is 6. The fraction of sp³-hybridized carbons (Fsp3) is 0.412. The summed E-state index contributed by atoms with van der Waals surface area (Å²) in [5, 5.41) is 12.9. The van der Waals surface area contributed by atoms with Gasteiger partial charge in [-0.3, -0.25) is 9.59 Å². The summed E-state index contributed by atoms with van der Waals surface area (Å²) >= 11 is 0. The normalized spacial score (nSPS) is 16.8. The van der Waals surface area contributed by atoms with Crippen LogP contribution in [0.15, 0.2) is 28.8 Å². The molecule has 0 unspecified atom stereocenters. The van der Waals surface area contributed by atoms with Gasteiger partial charge >= 0.3 is 5.97 Å². The second-order valence-corrected chi connectivity index (χ2v) is 5.90. The Morgan fingerprint density at radius 3 is 2.76 bits per heavy atom. The molecule has 0 radical (unpaired) electrons. The van der Waals surface area contributed by atoms with E-state index in [1.165, 1.54) is 0 Å². The van der Waals surface area contributed by atoms with Gasteiger partial charge in [-0.25, -0.2) is 0 Å². The van der Waals surface area contributed by atoms with Gasteiger partial charge in [0.15, 0.2) is 0 Å². The molecule has 0 aliphatic carbocycles. The van der Waals surface area contributed by atoms with Crippen LogP contribution in [0.4, 0.5) is 0 Å². The maximum Gasteiger partial charge on any atom is 0.308 e. The fourth-order valence-electron chi connectivity index (χ4n) is 2.77. The molecule has 0 saturated carbocycles. The van der Waals surface area contributed by atoms with E-state index in [0.29, 0.717) is 31.1 Å².